The zero-order chi connectivity index (χ0) is 27.3. The van der Waals surface area contributed by atoms with Gasteiger partial charge in [-0.15, -0.1) is 10.2 Å². The van der Waals surface area contributed by atoms with Crippen molar-refractivity contribution in [3.8, 4) is 5.69 Å². The van der Waals surface area contributed by atoms with Crippen LogP contribution in [-0.4, -0.2) is 60.7 Å². The molecule has 2 saturated carbocycles. The number of alkyl halides is 3. The number of anilines is 1. The molecule has 1 spiro atoms. The largest absolute Gasteiger partial charge is 0.417 e. The molecule has 1 aromatic carbocycles. The predicted molar refractivity (Wildman–Crippen MR) is 135 cm³/mol. The number of halogens is 5. The van der Waals surface area contributed by atoms with E-state index >= 15 is 0 Å². The van der Waals surface area contributed by atoms with Gasteiger partial charge in [0.05, 0.1) is 17.9 Å². The van der Waals surface area contributed by atoms with Gasteiger partial charge in [-0.1, -0.05) is 11.6 Å². The maximum Gasteiger partial charge on any atom is 0.417 e. The summed E-state index contributed by atoms with van der Waals surface area (Å²) in [4.78, 5) is 8.48. The van der Waals surface area contributed by atoms with Crippen molar-refractivity contribution in [3.63, 3.8) is 0 Å². The van der Waals surface area contributed by atoms with E-state index in [0.29, 0.717) is 29.6 Å². The Balaban J connectivity index is 1.11. The number of fused-ring (bicyclic) bond motifs is 3. The molecular weight excluding hydrogens is 536 g/mol. The van der Waals surface area contributed by atoms with Crippen LogP contribution >= 0.6 is 11.6 Å². The molecule has 39 heavy (non-hydrogen) atoms. The zero-order valence-electron chi connectivity index (χ0n) is 21.2. The molecule has 0 bridgehead atoms. The molecule has 2 aliphatic heterocycles. The number of hydrogen-bond acceptors (Lipinski definition) is 6. The number of aromatic nitrogens is 4. The zero-order valence-corrected chi connectivity index (χ0v) is 22.0. The summed E-state index contributed by atoms with van der Waals surface area (Å²) in [6.45, 7) is 4.11. The fourth-order valence-electron chi connectivity index (χ4n) is 6.84. The Kier molecular flexibility index (Phi) is 5.42. The van der Waals surface area contributed by atoms with Crippen LogP contribution in [0.3, 0.4) is 0 Å². The van der Waals surface area contributed by atoms with Crippen molar-refractivity contribution in [2.75, 3.05) is 18.0 Å². The molecule has 3 fully saturated rings. The van der Waals surface area contributed by atoms with Gasteiger partial charge >= 0.3 is 6.18 Å². The molecule has 2 aliphatic carbocycles. The topological polar surface area (TPSA) is 70.3 Å². The highest BCUT2D eigenvalue weighted by molar-refractivity contribution is 6.30. The second kappa shape index (κ2) is 8.37. The van der Waals surface area contributed by atoms with Crippen molar-refractivity contribution < 1.29 is 22.7 Å². The summed E-state index contributed by atoms with van der Waals surface area (Å²) in [6.07, 6.45) is -3.49. The highest BCUT2D eigenvalue weighted by atomic mass is 35.5. The third-order valence-electron chi connectivity index (χ3n) is 9.05. The molecule has 2 aromatic heterocycles. The van der Waals surface area contributed by atoms with E-state index in [1.807, 2.05) is 17.0 Å². The fraction of sp³-hybridized carbons (Fsp3) is 0.519. The van der Waals surface area contributed by atoms with Crippen LogP contribution in [0, 0.1) is 18.2 Å². The van der Waals surface area contributed by atoms with E-state index < -0.39 is 17.8 Å². The van der Waals surface area contributed by atoms with Crippen molar-refractivity contribution in [1.82, 2.24) is 24.6 Å². The van der Waals surface area contributed by atoms with Crippen molar-refractivity contribution in [3.05, 3.63) is 64.1 Å². The van der Waals surface area contributed by atoms with Gasteiger partial charge in [0.2, 0.25) is 0 Å². The molecule has 0 unspecified atom stereocenters. The molecule has 7 rings (SSSR count). The summed E-state index contributed by atoms with van der Waals surface area (Å²) in [7, 11) is 0. The number of hydrogen-bond donors (Lipinski definition) is 1. The smallest absolute Gasteiger partial charge is 0.380 e. The van der Waals surface area contributed by atoms with E-state index in [0.717, 1.165) is 48.8 Å². The molecule has 7 nitrogen and oxygen atoms in total. The number of rotatable bonds is 3. The SMILES string of the molecule is Cc1nc(N2CC3(CC(c4nnc5n4-c4ccc(Cl)cc4CN(C4CC(O)(C(F)(F)F)C4)C5)C3)C2)ccc1F. The van der Waals surface area contributed by atoms with Gasteiger partial charge in [-0.2, -0.15) is 13.2 Å². The van der Waals surface area contributed by atoms with E-state index in [1.165, 1.54) is 6.07 Å². The molecule has 1 N–H and O–H groups in total. The fourth-order valence-corrected chi connectivity index (χ4v) is 7.04. The summed E-state index contributed by atoms with van der Waals surface area (Å²) < 4.78 is 55.6. The van der Waals surface area contributed by atoms with Gasteiger partial charge < -0.3 is 10.0 Å². The van der Waals surface area contributed by atoms with Crippen LogP contribution in [-0.2, 0) is 13.1 Å². The average molecular weight is 563 g/mol. The van der Waals surface area contributed by atoms with Crippen LogP contribution < -0.4 is 4.90 Å². The molecule has 206 valence electrons. The van der Waals surface area contributed by atoms with Crippen LogP contribution in [0.4, 0.5) is 23.4 Å². The normalized spacial score (nSPS) is 26.3. The number of nitrogens with zero attached hydrogens (tertiary/aromatic N) is 6. The summed E-state index contributed by atoms with van der Waals surface area (Å²) >= 11 is 6.32. The first-order valence-corrected chi connectivity index (χ1v) is 13.5. The standard InChI is InChI=1S/C27H27ClF4N6O/c1-15-20(29)3-5-22(33-15)37-13-25(14-37)7-17(8-25)24-35-34-23-12-36(19-9-26(39,10-19)27(30,31)32)11-16-6-18(28)2-4-21(16)38(23)24/h2-6,17,19,39H,7-14H2,1H3. The number of pyridine rings is 1. The predicted octanol–water partition coefficient (Wildman–Crippen LogP) is 4.92. The third-order valence-corrected chi connectivity index (χ3v) is 9.29. The number of aryl methyl sites for hydroxylation is 1. The molecule has 0 atom stereocenters. The average Bonchev–Trinajstić information content (AvgIpc) is 3.11. The minimum absolute atomic E-state index is 0.161. The molecule has 4 aliphatic rings. The van der Waals surface area contributed by atoms with Gasteiger partial charge in [0, 0.05) is 54.9 Å². The molecule has 12 heteroatoms. The van der Waals surface area contributed by atoms with Crippen LogP contribution in [0.15, 0.2) is 30.3 Å². The van der Waals surface area contributed by atoms with Crippen LogP contribution in [0.2, 0.25) is 5.02 Å². The lowest BCUT2D eigenvalue weighted by Crippen LogP contribution is -2.62. The Morgan fingerprint density at radius 2 is 1.77 bits per heavy atom. The Morgan fingerprint density at radius 3 is 2.46 bits per heavy atom. The van der Waals surface area contributed by atoms with Gasteiger partial charge in [0.15, 0.2) is 11.4 Å². The minimum Gasteiger partial charge on any atom is -0.380 e. The Morgan fingerprint density at radius 1 is 1.03 bits per heavy atom. The molecule has 0 amide bonds. The van der Waals surface area contributed by atoms with Crippen molar-refractivity contribution >= 4 is 17.4 Å². The van der Waals surface area contributed by atoms with E-state index in [1.54, 1.807) is 19.1 Å². The molecule has 4 heterocycles. The van der Waals surface area contributed by atoms with Crippen molar-refractivity contribution in [1.29, 1.82) is 0 Å². The highest BCUT2D eigenvalue weighted by Crippen LogP contribution is 2.57. The van der Waals surface area contributed by atoms with E-state index in [4.69, 9.17) is 11.6 Å². The summed E-state index contributed by atoms with van der Waals surface area (Å²) in [6, 6.07) is 8.33. The minimum atomic E-state index is -4.65. The molecule has 3 aromatic rings. The van der Waals surface area contributed by atoms with E-state index in [9.17, 15) is 22.7 Å². The summed E-state index contributed by atoms with van der Waals surface area (Å²) in [5.74, 6) is 2.22. The second-order valence-corrected chi connectivity index (χ2v) is 12.2. The maximum absolute atomic E-state index is 13.6. The Labute approximate surface area is 227 Å². The quantitative estimate of drug-likeness (QED) is 0.457. The second-order valence-electron chi connectivity index (χ2n) is 11.8. The van der Waals surface area contributed by atoms with Crippen LogP contribution in [0.5, 0.6) is 0 Å². The Bertz CT molecular complexity index is 1450. The number of benzene rings is 1. The van der Waals surface area contributed by atoms with Gasteiger partial charge in [-0.3, -0.25) is 9.47 Å². The van der Waals surface area contributed by atoms with Gasteiger partial charge in [0.1, 0.15) is 17.5 Å². The summed E-state index contributed by atoms with van der Waals surface area (Å²) in [5.41, 5.74) is -0.298. The monoisotopic (exact) mass is 562 g/mol. The van der Waals surface area contributed by atoms with Crippen molar-refractivity contribution in [2.45, 2.75) is 69.4 Å². The van der Waals surface area contributed by atoms with Gasteiger partial charge in [-0.25, -0.2) is 9.37 Å². The third kappa shape index (κ3) is 3.95. The first-order valence-electron chi connectivity index (χ1n) is 13.1. The lowest BCUT2D eigenvalue weighted by molar-refractivity contribution is -0.300. The van der Waals surface area contributed by atoms with E-state index in [-0.39, 0.29) is 30.0 Å². The summed E-state index contributed by atoms with van der Waals surface area (Å²) in [5, 5.41) is 19.6. The molecule has 0 radical (unpaired) electrons. The van der Waals surface area contributed by atoms with E-state index in [2.05, 4.69) is 24.6 Å². The first-order chi connectivity index (χ1) is 18.4. The van der Waals surface area contributed by atoms with Gasteiger partial charge in [0.25, 0.3) is 0 Å². The lowest BCUT2D eigenvalue weighted by Gasteiger charge is -2.59. The number of aliphatic hydroxyl groups is 1. The maximum atomic E-state index is 13.6. The van der Waals surface area contributed by atoms with Crippen LogP contribution in [0.25, 0.3) is 5.69 Å². The molecule has 1 saturated heterocycles. The first kappa shape index (κ1) is 25.2. The van der Waals surface area contributed by atoms with Crippen molar-refractivity contribution in [2.24, 2.45) is 5.41 Å². The lowest BCUT2D eigenvalue weighted by atomic mass is 9.57. The van der Waals surface area contributed by atoms with Crippen LogP contribution in [0.1, 0.15) is 54.5 Å². The Hall–Kier alpha value is -2.76. The molecular formula is C27H27ClF4N6O. The van der Waals surface area contributed by atoms with Gasteiger partial charge in [-0.05, 0) is 55.7 Å². The highest BCUT2D eigenvalue weighted by Gasteiger charge is 2.62.